The van der Waals surface area contributed by atoms with Gasteiger partial charge in [0.1, 0.15) is 0 Å². The second-order valence-corrected chi connectivity index (χ2v) is 8.06. The van der Waals surface area contributed by atoms with Gasteiger partial charge in [-0.3, -0.25) is 0 Å². The van der Waals surface area contributed by atoms with Gasteiger partial charge >= 0.3 is 0 Å². The third-order valence-electron chi connectivity index (χ3n) is 2.80. The third kappa shape index (κ3) is 6.10. The van der Waals surface area contributed by atoms with Crippen molar-refractivity contribution in [2.45, 2.75) is 24.3 Å². The van der Waals surface area contributed by atoms with Crippen molar-refractivity contribution in [3.8, 4) is 0 Å². The predicted molar refractivity (Wildman–Crippen MR) is 79.6 cm³/mol. The SMILES string of the molecule is COCCCS(=O)(=O)NC(C)c1cccc(S(N)(=O)=O)c1. The minimum Gasteiger partial charge on any atom is -0.385 e. The van der Waals surface area contributed by atoms with Crippen molar-refractivity contribution in [3.05, 3.63) is 29.8 Å². The summed E-state index contributed by atoms with van der Waals surface area (Å²) in [7, 11) is -5.77. The maximum Gasteiger partial charge on any atom is 0.238 e. The fourth-order valence-corrected chi connectivity index (χ4v) is 3.61. The standard InChI is InChI=1S/C12H20N2O5S2/c1-10(14-20(15,16)8-4-7-19-2)11-5-3-6-12(9-11)21(13,17)18/h3,5-6,9-10,14H,4,7-8H2,1-2H3,(H2,13,17,18). The zero-order chi connectivity index (χ0) is 16.1. The van der Waals surface area contributed by atoms with Crippen LogP contribution in [0.1, 0.15) is 24.9 Å². The molecule has 3 N–H and O–H groups in total. The van der Waals surface area contributed by atoms with Crippen molar-refractivity contribution < 1.29 is 21.6 Å². The Hall–Kier alpha value is -1.00. The van der Waals surface area contributed by atoms with E-state index in [1.165, 1.54) is 25.3 Å². The van der Waals surface area contributed by atoms with Crippen LogP contribution in [0.3, 0.4) is 0 Å². The Morgan fingerprint density at radius 1 is 1.29 bits per heavy atom. The molecule has 1 aromatic carbocycles. The average molecular weight is 336 g/mol. The molecular formula is C12H20N2O5S2. The molecule has 0 aliphatic rings. The Balaban J connectivity index is 2.83. The number of nitrogens with one attached hydrogen (secondary N) is 1. The Labute approximate surface area is 125 Å². The van der Waals surface area contributed by atoms with Crippen molar-refractivity contribution in [2.24, 2.45) is 5.14 Å². The molecule has 0 aliphatic heterocycles. The van der Waals surface area contributed by atoms with Gasteiger partial charge in [0.2, 0.25) is 20.0 Å². The molecule has 0 saturated carbocycles. The number of sulfonamides is 2. The van der Waals surface area contributed by atoms with E-state index in [0.29, 0.717) is 18.6 Å². The van der Waals surface area contributed by atoms with E-state index in [9.17, 15) is 16.8 Å². The molecular weight excluding hydrogens is 316 g/mol. The Bertz CT molecular complexity index is 671. The first-order valence-electron chi connectivity index (χ1n) is 6.27. The molecule has 1 unspecified atom stereocenters. The fraction of sp³-hybridized carbons (Fsp3) is 0.500. The molecule has 0 radical (unpaired) electrons. The summed E-state index contributed by atoms with van der Waals surface area (Å²) in [5.74, 6) is -0.0555. The molecule has 9 heteroatoms. The van der Waals surface area contributed by atoms with Crippen LogP contribution in [0.25, 0.3) is 0 Å². The lowest BCUT2D eigenvalue weighted by Crippen LogP contribution is -2.29. The number of rotatable bonds is 8. The predicted octanol–water partition coefficient (Wildman–Crippen LogP) is 0.351. The Morgan fingerprint density at radius 3 is 2.52 bits per heavy atom. The summed E-state index contributed by atoms with van der Waals surface area (Å²) in [4.78, 5) is -0.0505. The lowest BCUT2D eigenvalue weighted by molar-refractivity contribution is 0.199. The number of primary sulfonamides is 1. The van der Waals surface area contributed by atoms with Gasteiger partial charge in [-0.05, 0) is 31.0 Å². The smallest absolute Gasteiger partial charge is 0.238 e. The van der Waals surface area contributed by atoms with Crippen molar-refractivity contribution >= 4 is 20.0 Å². The summed E-state index contributed by atoms with van der Waals surface area (Å²) < 4.78 is 53.6. The van der Waals surface area contributed by atoms with E-state index in [1.807, 2.05) is 0 Å². The molecule has 0 spiro atoms. The van der Waals surface area contributed by atoms with Crippen LogP contribution >= 0.6 is 0 Å². The highest BCUT2D eigenvalue weighted by atomic mass is 32.2. The summed E-state index contributed by atoms with van der Waals surface area (Å²) in [6.45, 7) is 1.99. The van der Waals surface area contributed by atoms with Crippen LogP contribution in [-0.4, -0.2) is 36.3 Å². The molecule has 0 amide bonds. The first kappa shape index (κ1) is 18.1. The van der Waals surface area contributed by atoms with Crippen molar-refractivity contribution in [2.75, 3.05) is 19.5 Å². The molecule has 120 valence electrons. The van der Waals surface area contributed by atoms with Crippen molar-refractivity contribution in [1.82, 2.24) is 4.72 Å². The number of hydrogen-bond acceptors (Lipinski definition) is 5. The van der Waals surface area contributed by atoms with Crippen LogP contribution in [0.5, 0.6) is 0 Å². The topological polar surface area (TPSA) is 116 Å². The van der Waals surface area contributed by atoms with Gasteiger partial charge in [-0.1, -0.05) is 12.1 Å². The molecule has 1 aromatic rings. The van der Waals surface area contributed by atoms with E-state index in [0.717, 1.165) is 0 Å². The summed E-state index contributed by atoms with van der Waals surface area (Å²) in [5.41, 5.74) is 0.525. The van der Waals surface area contributed by atoms with Gasteiger partial charge in [0.15, 0.2) is 0 Å². The van der Waals surface area contributed by atoms with Crippen molar-refractivity contribution in [1.29, 1.82) is 0 Å². The Morgan fingerprint density at radius 2 is 1.95 bits per heavy atom. The van der Waals surface area contributed by atoms with Crippen LogP contribution in [0.4, 0.5) is 0 Å². The fourth-order valence-electron chi connectivity index (χ4n) is 1.75. The van der Waals surface area contributed by atoms with Gasteiger partial charge < -0.3 is 4.74 Å². The average Bonchev–Trinajstić information content (AvgIpc) is 2.37. The summed E-state index contributed by atoms with van der Waals surface area (Å²) in [6.07, 6.45) is 0.385. The van der Waals surface area contributed by atoms with Gasteiger partial charge in [-0.25, -0.2) is 26.7 Å². The van der Waals surface area contributed by atoms with Crippen LogP contribution in [0.15, 0.2) is 29.2 Å². The molecule has 0 bridgehead atoms. The van der Waals surface area contributed by atoms with Gasteiger partial charge in [-0.15, -0.1) is 0 Å². The highest BCUT2D eigenvalue weighted by Crippen LogP contribution is 2.17. The van der Waals surface area contributed by atoms with Crippen LogP contribution in [0.2, 0.25) is 0 Å². The Kier molecular flexibility index (Phi) is 6.29. The van der Waals surface area contributed by atoms with E-state index >= 15 is 0 Å². The van der Waals surface area contributed by atoms with Crippen LogP contribution in [-0.2, 0) is 24.8 Å². The van der Waals surface area contributed by atoms with Crippen LogP contribution in [0, 0.1) is 0 Å². The molecule has 0 aliphatic carbocycles. The number of nitrogens with two attached hydrogens (primary N) is 1. The lowest BCUT2D eigenvalue weighted by Gasteiger charge is -2.15. The lowest BCUT2D eigenvalue weighted by atomic mass is 10.1. The van der Waals surface area contributed by atoms with E-state index in [-0.39, 0.29) is 10.6 Å². The molecule has 0 fully saturated rings. The third-order valence-corrected chi connectivity index (χ3v) is 5.25. The van der Waals surface area contributed by atoms with Gasteiger partial charge in [0, 0.05) is 19.8 Å². The number of hydrogen-bond donors (Lipinski definition) is 2. The molecule has 1 atom stereocenters. The van der Waals surface area contributed by atoms with Crippen molar-refractivity contribution in [3.63, 3.8) is 0 Å². The zero-order valence-electron chi connectivity index (χ0n) is 11.9. The van der Waals surface area contributed by atoms with E-state index < -0.39 is 26.1 Å². The summed E-state index contributed by atoms with van der Waals surface area (Å²) in [6, 6.07) is 5.32. The van der Waals surface area contributed by atoms with Gasteiger partial charge in [0.25, 0.3) is 0 Å². The largest absolute Gasteiger partial charge is 0.385 e. The molecule has 21 heavy (non-hydrogen) atoms. The minimum absolute atomic E-state index is 0.0505. The second kappa shape index (κ2) is 7.32. The quantitative estimate of drug-likeness (QED) is 0.665. The number of ether oxygens (including phenoxy) is 1. The molecule has 0 aromatic heterocycles. The molecule has 0 heterocycles. The number of methoxy groups -OCH3 is 1. The molecule has 0 saturated heterocycles. The second-order valence-electron chi connectivity index (χ2n) is 4.62. The minimum atomic E-state index is -3.81. The maximum atomic E-state index is 11.9. The monoisotopic (exact) mass is 336 g/mol. The molecule has 7 nitrogen and oxygen atoms in total. The zero-order valence-corrected chi connectivity index (χ0v) is 13.6. The van der Waals surface area contributed by atoms with Gasteiger partial charge in [0.05, 0.1) is 10.6 Å². The first-order valence-corrected chi connectivity index (χ1v) is 9.47. The van der Waals surface area contributed by atoms with Gasteiger partial charge in [-0.2, -0.15) is 0 Å². The summed E-state index contributed by atoms with van der Waals surface area (Å²) >= 11 is 0. The summed E-state index contributed by atoms with van der Waals surface area (Å²) in [5, 5.41) is 5.05. The molecule has 1 rings (SSSR count). The van der Waals surface area contributed by atoms with E-state index in [2.05, 4.69) is 4.72 Å². The van der Waals surface area contributed by atoms with E-state index in [1.54, 1.807) is 13.0 Å². The van der Waals surface area contributed by atoms with Crippen LogP contribution < -0.4 is 9.86 Å². The first-order chi connectivity index (χ1) is 9.65. The highest BCUT2D eigenvalue weighted by Gasteiger charge is 2.17. The highest BCUT2D eigenvalue weighted by molar-refractivity contribution is 7.89. The normalized spacial score (nSPS) is 14.0. The maximum absolute atomic E-state index is 11.9. The van der Waals surface area contributed by atoms with E-state index in [4.69, 9.17) is 9.88 Å². The number of benzene rings is 1.